The van der Waals surface area contributed by atoms with Crippen molar-refractivity contribution in [2.75, 3.05) is 37.7 Å². The Morgan fingerprint density at radius 1 is 1.30 bits per heavy atom. The second kappa shape index (κ2) is 8.55. The molecule has 5 aliphatic rings. The summed E-state index contributed by atoms with van der Waals surface area (Å²) in [7, 11) is 0. The Labute approximate surface area is 229 Å². The van der Waals surface area contributed by atoms with Crippen LogP contribution in [0.1, 0.15) is 52.9 Å². The highest BCUT2D eigenvalue weighted by Gasteiger charge is 2.64. The molecule has 5 aliphatic heterocycles. The third kappa shape index (κ3) is 3.72. The summed E-state index contributed by atoms with van der Waals surface area (Å²) in [6.07, 6.45) is 4.34. The Hall–Kier alpha value is -1.91. The van der Waals surface area contributed by atoms with Gasteiger partial charge in [0.05, 0.1) is 26.6 Å². The number of piperazine rings is 1. The van der Waals surface area contributed by atoms with Crippen LogP contribution in [0.5, 0.6) is 6.01 Å². The van der Waals surface area contributed by atoms with Gasteiger partial charge in [-0.1, -0.05) is 32.4 Å². The Morgan fingerprint density at radius 3 is 2.65 bits per heavy atom. The van der Waals surface area contributed by atoms with Gasteiger partial charge in [-0.15, -0.1) is 0 Å². The fourth-order valence-corrected chi connectivity index (χ4v) is 7.74. The molecule has 7 rings (SSSR count). The monoisotopic (exact) mass is 595 g/mol. The van der Waals surface area contributed by atoms with Crippen molar-refractivity contribution >= 4 is 50.3 Å². The average Bonchev–Trinajstić information content (AvgIpc) is 3.40. The van der Waals surface area contributed by atoms with E-state index in [0.29, 0.717) is 30.9 Å². The summed E-state index contributed by atoms with van der Waals surface area (Å²) in [6.45, 7) is 9.73. The number of ether oxygens (including phenoxy) is 1. The van der Waals surface area contributed by atoms with Gasteiger partial charge in [0.15, 0.2) is 5.82 Å². The minimum Gasteiger partial charge on any atom is -0.465 e. The lowest BCUT2D eigenvalue weighted by atomic mass is 9.60. The van der Waals surface area contributed by atoms with Crippen LogP contribution in [0.2, 0.25) is 5.02 Å². The highest BCUT2D eigenvalue weighted by Crippen LogP contribution is 2.53. The van der Waals surface area contributed by atoms with Crippen LogP contribution in [-0.2, 0) is 0 Å². The van der Waals surface area contributed by atoms with Crippen LogP contribution < -0.4 is 9.64 Å². The van der Waals surface area contributed by atoms with Crippen molar-refractivity contribution in [3.8, 4) is 6.01 Å². The number of anilines is 1. The summed E-state index contributed by atoms with van der Waals surface area (Å²) in [5.74, 6) is -0.0266. The fourth-order valence-electron chi connectivity index (χ4n) is 7.25. The number of benzene rings is 1. The van der Waals surface area contributed by atoms with Gasteiger partial charge >= 0.3 is 12.1 Å². The van der Waals surface area contributed by atoms with Crippen LogP contribution in [0.3, 0.4) is 0 Å². The molecule has 37 heavy (non-hydrogen) atoms. The van der Waals surface area contributed by atoms with Gasteiger partial charge in [0.1, 0.15) is 17.9 Å². The molecule has 2 bridgehead atoms. The number of aromatic nitrogens is 2. The number of carbonyl (C=O) groups is 1. The van der Waals surface area contributed by atoms with E-state index < -0.39 is 17.4 Å². The van der Waals surface area contributed by atoms with Gasteiger partial charge in [-0.3, -0.25) is 9.80 Å². The van der Waals surface area contributed by atoms with Gasteiger partial charge in [0.25, 0.3) is 0 Å². The molecule has 1 aromatic carbocycles. The van der Waals surface area contributed by atoms with E-state index in [9.17, 15) is 9.90 Å². The van der Waals surface area contributed by atoms with E-state index in [1.807, 2.05) is 0 Å². The van der Waals surface area contributed by atoms with Crippen LogP contribution in [0, 0.1) is 11.2 Å². The van der Waals surface area contributed by atoms with Crippen molar-refractivity contribution in [3.63, 3.8) is 0 Å². The molecular weight excluding hydrogens is 565 g/mol. The molecule has 0 saturated carbocycles. The SMILES string of the molecule is CC(C)(C)C12CC(CN(c3nc(OCC45CCCN4CCC5)nc4c(F)c(Br)c(Cl)cc34)C1)N2C(=O)O. The summed E-state index contributed by atoms with van der Waals surface area (Å²) in [5.41, 5.74) is -0.738. The van der Waals surface area contributed by atoms with Gasteiger partial charge < -0.3 is 14.7 Å². The number of carboxylic acid groups (broad SMARTS) is 1. The van der Waals surface area contributed by atoms with Crippen LogP contribution >= 0.6 is 27.5 Å². The second-order valence-electron chi connectivity index (χ2n) is 12.1. The molecule has 2 unspecified atom stereocenters. The van der Waals surface area contributed by atoms with Gasteiger partial charge in [0, 0.05) is 18.5 Å². The molecule has 1 amide bonds. The van der Waals surface area contributed by atoms with E-state index in [1.54, 1.807) is 11.0 Å². The molecule has 2 atom stereocenters. The van der Waals surface area contributed by atoms with E-state index in [4.69, 9.17) is 21.3 Å². The normalized spacial score (nSPS) is 26.9. The maximum absolute atomic E-state index is 15.5. The molecule has 1 aromatic heterocycles. The van der Waals surface area contributed by atoms with Crippen molar-refractivity contribution in [2.24, 2.45) is 5.41 Å². The van der Waals surface area contributed by atoms with Crippen LogP contribution in [0.15, 0.2) is 10.5 Å². The average molecular weight is 597 g/mol. The number of nitrogens with zero attached hydrogens (tertiary/aromatic N) is 5. The molecule has 5 saturated heterocycles. The molecule has 1 N–H and O–H groups in total. The third-order valence-corrected chi connectivity index (χ3v) is 10.6. The Bertz CT molecular complexity index is 1280. The number of hydrogen-bond acceptors (Lipinski definition) is 6. The van der Waals surface area contributed by atoms with Crippen molar-refractivity contribution in [1.29, 1.82) is 0 Å². The zero-order valence-corrected chi connectivity index (χ0v) is 23.7. The lowest BCUT2D eigenvalue weighted by molar-refractivity contribution is -0.124. The first-order valence-corrected chi connectivity index (χ1v) is 14.1. The number of piperidine rings is 1. The minimum absolute atomic E-state index is 0.00262. The maximum atomic E-state index is 15.5. The summed E-state index contributed by atoms with van der Waals surface area (Å²) < 4.78 is 21.9. The van der Waals surface area contributed by atoms with E-state index in [1.165, 1.54) is 0 Å². The van der Waals surface area contributed by atoms with Gasteiger partial charge in [-0.05, 0) is 72.6 Å². The zero-order valence-electron chi connectivity index (χ0n) is 21.4. The van der Waals surface area contributed by atoms with Crippen molar-refractivity contribution in [2.45, 2.75) is 70.0 Å². The number of rotatable bonds is 4. The third-order valence-electron chi connectivity index (χ3n) is 9.25. The molecule has 200 valence electrons. The number of halogens is 3. The Kier molecular flexibility index (Phi) is 5.86. The number of fused-ring (bicyclic) bond motifs is 4. The molecule has 0 aliphatic carbocycles. The molecule has 5 fully saturated rings. The predicted molar refractivity (Wildman–Crippen MR) is 143 cm³/mol. The first kappa shape index (κ1) is 25.4. The van der Waals surface area contributed by atoms with Gasteiger partial charge in [-0.2, -0.15) is 9.97 Å². The summed E-state index contributed by atoms with van der Waals surface area (Å²) in [6, 6.07) is 1.65. The number of hydrogen-bond donors (Lipinski definition) is 1. The summed E-state index contributed by atoms with van der Waals surface area (Å²) in [5, 5.41) is 10.7. The van der Waals surface area contributed by atoms with Gasteiger partial charge in [-0.25, -0.2) is 9.18 Å². The lowest BCUT2D eigenvalue weighted by Crippen LogP contribution is -2.82. The van der Waals surface area contributed by atoms with E-state index in [2.05, 4.69) is 51.5 Å². The van der Waals surface area contributed by atoms with E-state index in [-0.39, 0.29) is 38.0 Å². The molecule has 8 nitrogen and oxygen atoms in total. The Balaban J connectivity index is 1.41. The zero-order chi connectivity index (χ0) is 26.3. The molecular formula is C26H32BrClFN5O3. The fraction of sp³-hybridized carbons (Fsp3) is 0.654. The number of amides is 1. The standard InChI is InChI=1S/C26H32BrClFN5O3/c1-24(2,3)26-11-15(34(26)23(35)36)12-32(13-26)21-16-10-17(28)18(27)19(29)20(16)30-22(31-21)37-14-25-6-4-8-33(25)9-5-7-25/h10,15H,4-9,11-14H2,1-3H3,(H,35,36). The lowest BCUT2D eigenvalue weighted by Gasteiger charge is -2.68. The van der Waals surface area contributed by atoms with Crippen molar-refractivity contribution in [1.82, 2.24) is 19.8 Å². The first-order valence-electron chi connectivity index (χ1n) is 13.0. The smallest absolute Gasteiger partial charge is 0.408 e. The molecule has 6 heterocycles. The highest BCUT2D eigenvalue weighted by molar-refractivity contribution is 9.10. The van der Waals surface area contributed by atoms with E-state index >= 15 is 4.39 Å². The van der Waals surface area contributed by atoms with Crippen LogP contribution in [0.25, 0.3) is 10.9 Å². The first-order chi connectivity index (χ1) is 17.5. The molecule has 2 aromatic rings. The van der Waals surface area contributed by atoms with Crippen molar-refractivity contribution < 1.29 is 19.0 Å². The highest BCUT2D eigenvalue weighted by atomic mass is 79.9. The quantitative estimate of drug-likeness (QED) is 0.464. The van der Waals surface area contributed by atoms with E-state index in [0.717, 1.165) is 45.2 Å². The molecule has 0 radical (unpaired) electrons. The second-order valence-corrected chi connectivity index (χ2v) is 13.3. The topological polar surface area (TPSA) is 82.0 Å². The molecule has 0 spiro atoms. The predicted octanol–water partition coefficient (Wildman–Crippen LogP) is 5.55. The van der Waals surface area contributed by atoms with Crippen LogP contribution in [0.4, 0.5) is 15.0 Å². The summed E-state index contributed by atoms with van der Waals surface area (Å²) in [4.78, 5) is 27.6. The van der Waals surface area contributed by atoms with Crippen molar-refractivity contribution in [3.05, 3.63) is 21.4 Å². The largest absolute Gasteiger partial charge is 0.465 e. The molecule has 11 heteroatoms. The maximum Gasteiger partial charge on any atom is 0.408 e. The van der Waals surface area contributed by atoms with Gasteiger partial charge in [0.2, 0.25) is 0 Å². The summed E-state index contributed by atoms with van der Waals surface area (Å²) >= 11 is 9.62. The minimum atomic E-state index is -0.905. The van der Waals surface area contributed by atoms with Crippen LogP contribution in [-0.4, -0.2) is 80.9 Å². The Morgan fingerprint density at radius 2 is 2.00 bits per heavy atom.